The summed E-state index contributed by atoms with van der Waals surface area (Å²) >= 11 is 0. The highest BCUT2D eigenvalue weighted by atomic mass is 16.5. The van der Waals surface area contributed by atoms with E-state index in [2.05, 4.69) is 110 Å². The summed E-state index contributed by atoms with van der Waals surface area (Å²) in [4.78, 5) is 4.76. The summed E-state index contributed by atoms with van der Waals surface area (Å²) in [5.74, 6) is 0.838. The van der Waals surface area contributed by atoms with E-state index >= 15 is 0 Å². The molecule has 0 heterocycles. The van der Waals surface area contributed by atoms with Crippen LogP contribution >= 0.6 is 0 Å². The summed E-state index contributed by atoms with van der Waals surface area (Å²) in [6.07, 6.45) is 2.96. The van der Waals surface area contributed by atoms with Crippen LogP contribution in [0.4, 0.5) is 5.69 Å². The van der Waals surface area contributed by atoms with Gasteiger partial charge in [-0.2, -0.15) is 0 Å². The van der Waals surface area contributed by atoms with Crippen LogP contribution in [0.1, 0.15) is 23.6 Å². The molecule has 2 nitrogen and oxygen atoms in total. The number of ether oxygens (including phenoxy) is 1. The van der Waals surface area contributed by atoms with E-state index < -0.39 is 0 Å². The Morgan fingerprint density at radius 3 is 2.16 bits per heavy atom. The first kappa shape index (κ1) is 20.0. The standard InChI is InChI=1S/C30H25NO/c1-2-22-14-17-26(18-15-22)31-20-29-28-13-6-4-9-24(28)16-19-30(29)32-21-25-11-7-10-23-8-3-5-12-27(23)25/h3-20H,2,21H2,1H3. The molecule has 0 unspecified atom stereocenters. The minimum absolute atomic E-state index is 0.506. The minimum atomic E-state index is 0.506. The molecule has 156 valence electrons. The van der Waals surface area contributed by atoms with Gasteiger partial charge in [0.1, 0.15) is 12.4 Å². The molecule has 0 aliphatic rings. The fourth-order valence-electron chi connectivity index (χ4n) is 4.07. The van der Waals surface area contributed by atoms with Crippen molar-refractivity contribution in [3.8, 4) is 5.75 Å². The van der Waals surface area contributed by atoms with Crippen LogP contribution in [0.3, 0.4) is 0 Å². The topological polar surface area (TPSA) is 21.6 Å². The second-order valence-electron chi connectivity index (χ2n) is 7.90. The highest BCUT2D eigenvalue weighted by molar-refractivity contribution is 6.03. The first-order chi connectivity index (χ1) is 15.8. The lowest BCUT2D eigenvalue weighted by Crippen LogP contribution is -2.00. The summed E-state index contributed by atoms with van der Waals surface area (Å²) in [5, 5.41) is 4.76. The second kappa shape index (κ2) is 9.07. The molecule has 0 amide bonds. The number of hydrogen-bond donors (Lipinski definition) is 0. The Labute approximate surface area is 188 Å². The van der Waals surface area contributed by atoms with Crippen LogP contribution < -0.4 is 4.74 Å². The molecule has 0 saturated carbocycles. The third-order valence-electron chi connectivity index (χ3n) is 5.88. The number of benzene rings is 5. The summed E-state index contributed by atoms with van der Waals surface area (Å²) in [5.41, 5.74) is 4.43. The largest absolute Gasteiger partial charge is 0.488 e. The van der Waals surface area contributed by atoms with Gasteiger partial charge in [-0.3, -0.25) is 4.99 Å². The predicted molar refractivity (Wildman–Crippen MR) is 135 cm³/mol. The smallest absolute Gasteiger partial charge is 0.129 e. The van der Waals surface area contributed by atoms with Crippen molar-refractivity contribution in [2.75, 3.05) is 0 Å². The zero-order valence-electron chi connectivity index (χ0n) is 18.2. The Balaban J connectivity index is 1.50. The van der Waals surface area contributed by atoms with E-state index in [-0.39, 0.29) is 0 Å². The molecule has 0 N–H and O–H groups in total. The number of nitrogens with zero attached hydrogens (tertiary/aromatic N) is 1. The van der Waals surface area contributed by atoms with Crippen LogP contribution in [-0.4, -0.2) is 6.21 Å². The van der Waals surface area contributed by atoms with Gasteiger partial charge in [-0.15, -0.1) is 0 Å². The fourth-order valence-corrected chi connectivity index (χ4v) is 4.07. The van der Waals surface area contributed by atoms with Crippen molar-refractivity contribution in [3.63, 3.8) is 0 Å². The molecule has 2 heteroatoms. The van der Waals surface area contributed by atoms with E-state index in [1.165, 1.54) is 27.3 Å². The zero-order valence-corrected chi connectivity index (χ0v) is 18.2. The Hall–Kier alpha value is -3.91. The van der Waals surface area contributed by atoms with E-state index in [0.29, 0.717) is 6.61 Å². The van der Waals surface area contributed by atoms with Crippen LogP contribution in [0, 0.1) is 0 Å². The molecular formula is C30H25NO. The lowest BCUT2D eigenvalue weighted by atomic mass is 10.0. The van der Waals surface area contributed by atoms with Crippen LogP contribution in [0.25, 0.3) is 21.5 Å². The highest BCUT2D eigenvalue weighted by Crippen LogP contribution is 2.29. The maximum absolute atomic E-state index is 6.37. The summed E-state index contributed by atoms with van der Waals surface area (Å²) in [6, 6.07) is 35.7. The molecule has 0 atom stereocenters. The van der Waals surface area contributed by atoms with Gasteiger partial charge in [-0.05, 0) is 57.3 Å². The molecule has 5 rings (SSSR count). The van der Waals surface area contributed by atoms with E-state index in [9.17, 15) is 0 Å². The maximum Gasteiger partial charge on any atom is 0.129 e. The lowest BCUT2D eigenvalue weighted by Gasteiger charge is -2.13. The number of hydrogen-bond acceptors (Lipinski definition) is 2. The van der Waals surface area contributed by atoms with Crippen LogP contribution in [0.5, 0.6) is 5.75 Å². The van der Waals surface area contributed by atoms with Crippen LogP contribution in [-0.2, 0) is 13.0 Å². The SMILES string of the molecule is CCc1ccc(N=Cc2c(OCc3cccc4ccccc34)ccc3ccccc23)cc1. The first-order valence-electron chi connectivity index (χ1n) is 11.1. The van der Waals surface area contributed by atoms with E-state index in [4.69, 9.17) is 9.73 Å². The van der Waals surface area contributed by atoms with Gasteiger partial charge in [-0.25, -0.2) is 0 Å². The van der Waals surface area contributed by atoms with Crippen molar-refractivity contribution in [1.29, 1.82) is 0 Å². The van der Waals surface area contributed by atoms with E-state index in [1.807, 2.05) is 6.21 Å². The molecule has 32 heavy (non-hydrogen) atoms. The van der Waals surface area contributed by atoms with Gasteiger partial charge in [0.25, 0.3) is 0 Å². The van der Waals surface area contributed by atoms with Gasteiger partial charge in [0.05, 0.1) is 5.69 Å². The Kier molecular flexibility index (Phi) is 5.67. The average Bonchev–Trinajstić information content (AvgIpc) is 2.86. The lowest BCUT2D eigenvalue weighted by molar-refractivity contribution is 0.307. The number of fused-ring (bicyclic) bond motifs is 2. The Morgan fingerprint density at radius 2 is 1.38 bits per heavy atom. The monoisotopic (exact) mass is 415 g/mol. The molecule has 0 saturated heterocycles. The van der Waals surface area contributed by atoms with Gasteiger partial charge in [-0.1, -0.05) is 91.9 Å². The number of aliphatic imine (C=N–C) groups is 1. The molecule has 0 radical (unpaired) electrons. The van der Waals surface area contributed by atoms with Crippen LogP contribution in [0.15, 0.2) is 108 Å². The number of rotatable bonds is 6. The van der Waals surface area contributed by atoms with Crippen molar-refractivity contribution in [3.05, 3.63) is 120 Å². The molecule has 0 aliphatic carbocycles. The third kappa shape index (κ3) is 4.13. The van der Waals surface area contributed by atoms with Crippen molar-refractivity contribution < 1.29 is 4.74 Å². The van der Waals surface area contributed by atoms with Crippen LogP contribution in [0.2, 0.25) is 0 Å². The van der Waals surface area contributed by atoms with Crippen molar-refractivity contribution >= 4 is 33.4 Å². The Morgan fingerprint density at radius 1 is 0.688 bits per heavy atom. The second-order valence-corrected chi connectivity index (χ2v) is 7.90. The maximum atomic E-state index is 6.37. The van der Waals surface area contributed by atoms with Crippen molar-refractivity contribution in [2.45, 2.75) is 20.0 Å². The van der Waals surface area contributed by atoms with Crippen molar-refractivity contribution in [1.82, 2.24) is 0 Å². The van der Waals surface area contributed by atoms with E-state index in [0.717, 1.165) is 28.8 Å². The number of aryl methyl sites for hydroxylation is 1. The molecule has 0 aliphatic heterocycles. The summed E-state index contributed by atoms with van der Waals surface area (Å²) in [6.45, 7) is 2.67. The molecule has 5 aromatic rings. The molecule has 5 aromatic carbocycles. The van der Waals surface area contributed by atoms with Crippen molar-refractivity contribution in [2.24, 2.45) is 4.99 Å². The van der Waals surface area contributed by atoms with Gasteiger partial charge in [0, 0.05) is 11.8 Å². The molecule has 0 aromatic heterocycles. The van der Waals surface area contributed by atoms with E-state index in [1.54, 1.807) is 0 Å². The molecule has 0 fully saturated rings. The van der Waals surface area contributed by atoms with Gasteiger partial charge in [0.15, 0.2) is 0 Å². The third-order valence-corrected chi connectivity index (χ3v) is 5.88. The summed E-state index contributed by atoms with van der Waals surface area (Å²) < 4.78 is 6.37. The quantitative estimate of drug-likeness (QED) is 0.258. The van der Waals surface area contributed by atoms with Gasteiger partial charge < -0.3 is 4.74 Å². The molecular weight excluding hydrogens is 390 g/mol. The zero-order chi connectivity index (χ0) is 21.8. The predicted octanol–water partition coefficient (Wildman–Crippen LogP) is 7.89. The minimum Gasteiger partial charge on any atom is -0.488 e. The van der Waals surface area contributed by atoms with Gasteiger partial charge in [0.2, 0.25) is 0 Å². The van der Waals surface area contributed by atoms with Gasteiger partial charge >= 0.3 is 0 Å². The Bertz CT molecular complexity index is 1390. The first-order valence-corrected chi connectivity index (χ1v) is 11.1. The fraction of sp³-hybridized carbons (Fsp3) is 0.100. The normalized spacial score (nSPS) is 11.4. The summed E-state index contributed by atoms with van der Waals surface area (Å²) in [7, 11) is 0. The molecule has 0 bridgehead atoms. The molecule has 0 spiro atoms. The average molecular weight is 416 g/mol. The highest BCUT2D eigenvalue weighted by Gasteiger charge is 2.09.